The Balaban J connectivity index is 1.65. The van der Waals surface area contributed by atoms with Gasteiger partial charge in [0.25, 0.3) is 5.91 Å². The number of methoxy groups -OCH3 is 4. The van der Waals surface area contributed by atoms with Gasteiger partial charge in [0.15, 0.2) is 23.0 Å². The zero-order valence-corrected chi connectivity index (χ0v) is 22.0. The van der Waals surface area contributed by atoms with Gasteiger partial charge in [-0.2, -0.15) is 0 Å². The molecule has 1 heterocycles. The summed E-state index contributed by atoms with van der Waals surface area (Å²) in [4.78, 5) is 18.0. The Kier molecular flexibility index (Phi) is 8.18. The second-order valence-electron chi connectivity index (χ2n) is 8.55. The number of unbranched alkanes of at least 4 members (excludes halogenated alkanes) is 1. The maximum Gasteiger partial charge on any atom is 0.251 e. The first-order valence-corrected chi connectivity index (χ1v) is 12.2. The lowest BCUT2D eigenvalue weighted by atomic mass is 10.1. The van der Waals surface area contributed by atoms with Crippen LogP contribution in [0, 0.1) is 0 Å². The number of fused-ring (bicyclic) bond motifs is 1. The van der Waals surface area contributed by atoms with Gasteiger partial charge in [-0.15, -0.1) is 0 Å². The van der Waals surface area contributed by atoms with E-state index in [1.165, 1.54) is 0 Å². The lowest BCUT2D eigenvalue weighted by Crippen LogP contribution is -2.23. The first kappa shape index (κ1) is 25.9. The fourth-order valence-electron chi connectivity index (χ4n) is 4.38. The van der Waals surface area contributed by atoms with E-state index in [9.17, 15) is 4.79 Å². The molecule has 0 saturated heterocycles. The molecule has 0 aliphatic heterocycles. The zero-order chi connectivity index (χ0) is 26.4. The third-order valence-corrected chi connectivity index (χ3v) is 6.31. The SMILES string of the molecule is CCCCn1c(-c2ccc(OC)c(OC)c2)nc2cc(C(=O)NCc3cccc(OC)c3OC)ccc21. The number of rotatable bonds is 11. The molecule has 1 N–H and O–H groups in total. The first-order chi connectivity index (χ1) is 18.0. The molecule has 1 aromatic heterocycles. The highest BCUT2D eigenvalue weighted by Crippen LogP contribution is 2.34. The summed E-state index contributed by atoms with van der Waals surface area (Å²) in [6.45, 7) is 3.28. The largest absolute Gasteiger partial charge is 0.493 e. The van der Waals surface area contributed by atoms with Crippen LogP contribution in [0.25, 0.3) is 22.4 Å². The Labute approximate surface area is 217 Å². The van der Waals surface area contributed by atoms with Crippen LogP contribution in [-0.4, -0.2) is 43.9 Å². The molecule has 0 aliphatic carbocycles. The van der Waals surface area contributed by atoms with Crippen molar-refractivity contribution in [1.82, 2.24) is 14.9 Å². The number of carbonyl (C=O) groups excluding carboxylic acids is 1. The van der Waals surface area contributed by atoms with Gasteiger partial charge in [0.1, 0.15) is 5.82 Å². The zero-order valence-electron chi connectivity index (χ0n) is 22.0. The molecule has 0 bridgehead atoms. The van der Waals surface area contributed by atoms with Gasteiger partial charge in [-0.05, 0) is 48.9 Å². The fraction of sp³-hybridized carbons (Fsp3) is 0.310. The van der Waals surface area contributed by atoms with Crippen LogP contribution in [0.4, 0.5) is 0 Å². The summed E-state index contributed by atoms with van der Waals surface area (Å²) in [6.07, 6.45) is 2.07. The Morgan fingerprint density at radius 1 is 0.892 bits per heavy atom. The van der Waals surface area contributed by atoms with Crippen molar-refractivity contribution in [2.45, 2.75) is 32.9 Å². The standard InChI is InChI=1S/C29H33N3O5/c1-6-7-15-32-23-13-11-20(29(33)30-18-21-9-8-10-25(35-3)27(21)37-5)16-22(23)31-28(32)19-12-14-24(34-2)26(17-19)36-4/h8-14,16-17H,6-7,15,18H2,1-5H3,(H,30,33). The lowest BCUT2D eigenvalue weighted by Gasteiger charge is -2.13. The van der Waals surface area contributed by atoms with Crippen molar-refractivity contribution < 1.29 is 23.7 Å². The Bertz CT molecular complexity index is 1400. The van der Waals surface area contributed by atoms with Gasteiger partial charge in [-0.25, -0.2) is 4.98 Å². The molecule has 4 rings (SSSR count). The number of nitrogens with one attached hydrogen (secondary N) is 1. The minimum absolute atomic E-state index is 0.192. The second-order valence-corrected chi connectivity index (χ2v) is 8.55. The van der Waals surface area contributed by atoms with Gasteiger partial charge in [-0.3, -0.25) is 4.79 Å². The van der Waals surface area contributed by atoms with Crippen LogP contribution in [-0.2, 0) is 13.1 Å². The van der Waals surface area contributed by atoms with Crippen LogP contribution in [0.15, 0.2) is 54.6 Å². The maximum absolute atomic E-state index is 13.1. The van der Waals surface area contributed by atoms with E-state index in [-0.39, 0.29) is 5.91 Å². The number of carbonyl (C=O) groups is 1. The topological polar surface area (TPSA) is 83.8 Å². The number of imidazole rings is 1. The molecular formula is C29H33N3O5. The molecule has 0 aliphatic rings. The highest BCUT2D eigenvalue weighted by atomic mass is 16.5. The van der Waals surface area contributed by atoms with Crippen molar-refractivity contribution in [2.75, 3.05) is 28.4 Å². The summed E-state index contributed by atoms with van der Waals surface area (Å²) in [7, 11) is 6.41. The molecule has 4 aromatic rings. The van der Waals surface area contributed by atoms with E-state index < -0.39 is 0 Å². The van der Waals surface area contributed by atoms with Gasteiger partial charge < -0.3 is 28.8 Å². The van der Waals surface area contributed by atoms with Crippen molar-refractivity contribution in [1.29, 1.82) is 0 Å². The summed E-state index contributed by atoms with van der Waals surface area (Å²) in [6, 6.07) is 17.0. The third-order valence-electron chi connectivity index (χ3n) is 6.31. The highest BCUT2D eigenvalue weighted by molar-refractivity contribution is 5.98. The van der Waals surface area contributed by atoms with Crippen LogP contribution in [0.2, 0.25) is 0 Å². The summed E-state index contributed by atoms with van der Waals surface area (Å²) >= 11 is 0. The number of para-hydroxylation sites is 1. The molecule has 8 nitrogen and oxygen atoms in total. The van der Waals surface area contributed by atoms with Gasteiger partial charge in [0, 0.05) is 29.8 Å². The third kappa shape index (κ3) is 5.33. The number of aromatic nitrogens is 2. The molecule has 0 atom stereocenters. The first-order valence-electron chi connectivity index (χ1n) is 12.2. The van der Waals surface area contributed by atoms with Gasteiger partial charge in [0.2, 0.25) is 0 Å². The molecule has 0 unspecified atom stereocenters. The number of amides is 1. The average Bonchev–Trinajstić information content (AvgIpc) is 3.31. The van der Waals surface area contributed by atoms with E-state index >= 15 is 0 Å². The molecule has 0 fully saturated rings. The van der Waals surface area contributed by atoms with E-state index in [2.05, 4.69) is 16.8 Å². The van der Waals surface area contributed by atoms with Crippen LogP contribution in [0.5, 0.6) is 23.0 Å². The normalized spacial score (nSPS) is 10.8. The Hall–Kier alpha value is -4.20. The molecule has 3 aromatic carbocycles. The average molecular weight is 504 g/mol. The molecule has 0 saturated carbocycles. The quantitative estimate of drug-likeness (QED) is 0.292. The van der Waals surface area contributed by atoms with Crippen molar-refractivity contribution in [3.63, 3.8) is 0 Å². The molecular weight excluding hydrogens is 470 g/mol. The Morgan fingerprint density at radius 3 is 2.38 bits per heavy atom. The van der Waals surface area contributed by atoms with Gasteiger partial charge in [-0.1, -0.05) is 25.5 Å². The minimum Gasteiger partial charge on any atom is -0.493 e. The molecule has 0 radical (unpaired) electrons. The fourth-order valence-corrected chi connectivity index (χ4v) is 4.38. The number of nitrogens with zero attached hydrogens (tertiary/aromatic N) is 2. The minimum atomic E-state index is -0.192. The summed E-state index contributed by atoms with van der Waals surface area (Å²) < 4.78 is 23.9. The maximum atomic E-state index is 13.1. The molecule has 1 amide bonds. The molecule has 37 heavy (non-hydrogen) atoms. The van der Waals surface area contributed by atoms with E-state index in [4.69, 9.17) is 23.9 Å². The van der Waals surface area contributed by atoms with Gasteiger partial charge in [0.05, 0.1) is 39.5 Å². The summed E-state index contributed by atoms with van der Waals surface area (Å²) in [5.41, 5.74) is 4.02. The summed E-state index contributed by atoms with van der Waals surface area (Å²) in [5.74, 6) is 3.16. The molecule has 8 heteroatoms. The summed E-state index contributed by atoms with van der Waals surface area (Å²) in [5, 5.41) is 2.98. The van der Waals surface area contributed by atoms with Crippen molar-refractivity contribution in [3.05, 3.63) is 65.7 Å². The van der Waals surface area contributed by atoms with E-state index in [1.54, 1.807) is 28.4 Å². The van der Waals surface area contributed by atoms with Crippen LogP contribution >= 0.6 is 0 Å². The number of benzene rings is 3. The monoisotopic (exact) mass is 503 g/mol. The van der Waals surface area contributed by atoms with Gasteiger partial charge >= 0.3 is 0 Å². The van der Waals surface area contributed by atoms with Crippen LogP contribution in [0.3, 0.4) is 0 Å². The van der Waals surface area contributed by atoms with Crippen molar-refractivity contribution in [3.8, 4) is 34.4 Å². The Morgan fingerprint density at radius 2 is 1.68 bits per heavy atom. The van der Waals surface area contributed by atoms with E-state index in [1.807, 2.05) is 54.6 Å². The number of ether oxygens (including phenoxy) is 4. The predicted octanol–water partition coefficient (Wildman–Crippen LogP) is 5.47. The lowest BCUT2D eigenvalue weighted by molar-refractivity contribution is 0.0950. The van der Waals surface area contributed by atoms with Crippen molar-refractivity contribution in [2.24, 2.45) is 0 Å². The van der Waals surface area contributed by atoms with Crippen LogP contribution in [0.1, 0.15) is 35.7 Å². The smallest absolute Gasteiger partial charge is 0.251 e. The predicted molar refractivity (Wildman–Crippen MR) is 144 cm³/mol. The highest BCUT2D eigenvalue weighted by Gasteiger charge is 2.17. The van der Waals surface area contributed by atoms with Crippen molar-refractivity contribution >= 4 is 16.9 Å². The second kappa shape index (κ2) is 11.7. The molecule has 0 spiro atoms. The number of hydrogen-bond donors (Lipinski definition) is 1. The number of hydrogen-bond acceptors (Lipinski definition) is 6. The van der Waals surface area contributed by atoms with E-state index in [0.717, 1.165) is 47.4 Å². The van der Waals surface area contributed by atoms with Crippen LogP contribution < -0.4 is 24.3 Å². The molecule has 194 valence electrons. The van der Waals surface area contributed by atoms with E-state index in [0.29, 0.717) is 35.1 Å². The number of aryl methyl sites for hydroxylation is 1.